The molecule has 194 valence electrons. The lowest BCUT2D eigenvalue weighted by molar-refractivity contribution is -0.160. The quantitative estimate of drug-likeness (QED) is 0.234. The van der Waals surface area contributed by atoms with Crippen molar-refractivity contribution in [1.29, 1.82) is 0 Å². The number of esters is 2. The van der Waals surface area contributed by atoms with Gasteiger partial charge in [0.25, 0.3) is 0 Å². The normalized spacial score (nSPS) is 11.3. The van der Waals surface area contributed by atoms with Crippen LogP contribution in [0.15, 0.2) is 24.3 Å². The van der Waals surface area contributed by atoms with Crippen molar-refractivity contribution < 1.29 is 38.0 Å². The number of carbonyl (C=O) groups is 2. The molecule has 34 heavy (non-hydrogen) atoms. The SMILES string of the molecule is CCCCNc1ccc(C(=O)OCCOCCOCCOCCOCC(=O)OC(C)(C)C)cc1. The highest BCUT2D eigenvalue weighted by Gasteiger charge is 2.15. The van der Waals surface area contributed by atoms with Gasteiger partial charge in [-0.2, -0.15) is 0 Å². The summed E-state index contributed by atoms with van der Waals surface area (Å²) in [6.45, 7) is 11.2. The minimum atomic E-state index is -0.513. The molecule has 0 bridgehead atoms. The van der Waals surface area contributed by atoms with Crippen LogP contribution >= 0.6 is 0 Å². The van der Waals surface area contributed by atoms with E-state index in [9.17, 15) is 9.59 Å². The molecule has 0 amide bonds. The molecule has 0 heterocycles. The standard InChI is InChI=1S/C25H41NO8/c1-5-6-11-26-22-9-7-21(8-10-22)24(28)33-19-18-31-15-14-29-12-13-30-16-17-32-20-23(27)34-25(2,3)4/h7-10,26H,5-6,11-20H2,1-4H3. The molecule has 0 radical (unpaired) electrons. The molecular formula is C25H41NO8. The second-order valence-electron chi connectivity index (χ2n) is 8.47. The molecule has 9 heteroatoms. The average Bonchev–Trinajstić information content (AvgIpc) is 2.78. The number of anilines is 1. The molecule has 0 spiro atoms. The number of nitrogens with one attached hydrogen (secondary N) is 1. The maximum Gasteiger partial charge on any atom is 0.338 e. The Bertz CT molecular complexity index is 672. The maximum absolute atomic E-state index is 12.0. The highest BCUT2D eigenvalue weighted by atomic mass is 16.6. The highest BCUT2D eigenvalue weighted by molar-refractivity contribution is 5.89. The summed E-state index contributed by atoms with van der Waals surface area (Å²) < 4.78 is 31.7. The van der Waals surface area contributed by atoms with E-state index in [0.29, 0.717) is 51.8 Å². The fraction of sp³-hybridized carbons (Fsp3) is 0.680. The second-order valence-corrected chi connectivity index (χ2v) is 8.47. The molecule has 0 aliphatic carbocycles. The Kier molecular flexibility index (Phi) is 15.9. The first-order chi connectivity index (χ1) is 16.3. The summed E-state index contributed by atoms with van der Waals surface area (Å²) in [5, 5.41) is 3.30. The first kappa shape index (κ1) is 29.8. The molecular weight excluding hydrogens is 442 g/mol. The Balaban J connectivity index is 1.90. The topological polar surface area (TPSA) is 102 Å². The summed E-state index contributed by atoms with van der Waals surface area (Å²) in [7, 11) is 0. The molecule has 0 atom stereocenters. The summed E-state index contributed by atoms with van der Waals surface area (Å²) in [5.74, 6) is -0.762. The fourth-order valence-corrected chi connectivity index (χ4v) is 2.60. The van der Waals surface area contributed by atoms with E-state index in [2.05, 4.69) is 12.2 Å². The zero-order valence-electron chi connectivity index (χ0n) is 21.1. The van der Waals surface area contributed by atoms with Crippen LogP contribution in [-0.4, -0.2) is 83.5 Å². The number of benzene rings is 1. The van der Waals surface area contributed by atoms with Gasteiger partial charge in [0.2, 0.25) is 0 Å². The van der Waals surface area contributed by atoms with Gasteiger partial charge in [0.05, 0.1) is 51.8 Å². The average molecular weight is 484 g/mol. The fourth-order valence-electron chi connectivity index (χ4n) is 2.60. The van der Waals surface area contributed by atoms with Gasteiger partial charge in [0.1, 0.15) is 18.8 Å². The lowest BCUT2D eigenvalue weighted by Gasteiger charge is -2.19. The number of carbonyl (C=O) groups excluding carboxylic acids is 2. The van der Waals surface area contributed by atoms with Gasteiger partial charge in [-0.05, 0) is 51.5 Å². The zero-order chi connectivity index (χ0) is 25.1. The predicted molar refractivity (Wildman–Crippen MR) is 129 cm³/mol. The van der Waals surface area contributed by atoms with Gasteiger partial charge < -0.3 is 33.7 Å². The molecule has 0 aromatic heterocycles. The molecule has 0 fully saturated rings. The van der Waals surface area contributed by atoms with Gasteiger partial charge in [-0.15, -0.1) is 0 Å². The predicted octanol–water partition coefficient (Wildman–Crippen LogP) is 3.46. The molecule has 1 aromatic rings. The van der Waals surface area contributed by atoms with Crippen molar-refractivity contribution in [2.24, 2.45) is 0 Å². The summed E-state index contributed by atoms with van der Waals surface area (Å²) >= 11 is 0. The number of ether oxygens (including phenoxy) is 6. The van der Waals surface area contributed by atoms with Gasteiger partial charge in [-0.3, -0.25) is 0 Å². The largest absolute Gasteiger partial charge is 0.460 e. The zero-order valence-corrected chi connectivity index (χ0v) is 21.1. The van der Waals surface area contributed by atoms with Gasteiger partial charge in [-0.1, -0.05) is 13.3 Å². The van der Waals surface area contributed by atoms with Gasteiger partial charge in [0.15, 0.2) is 0 Å². The van der Waals surface area contributed by atoms with Crippen molar-refractivity contribution in [1.82, 2.24) is 0 Å². The summed E-state index contributed by atoms with van der Waals surface area (Å²) in [4.78, 5) is 23.5. The van der Waals surface area contributed by atoms with Crippen molar-refractivity contribution >= 4 is 17.6 Å². The van der Waals surface area contributed by atoms with Crippen LogP contribution in [0.4, 0.5) is 5.69 Å². The first-order valence-corrected chi connectivity index (χ1v) is 11.9. The van der Waals surface area contributed by atoms with E-state index >= 15 is 0 Å². The molecule has 0 saturated heterocycles. The van der Waals surface area contributed by atoms with E-state index in [-0.39, 0.29) is 19.2 Å². The molecule has 0 saturated carbocycles. The van der Waals surface area contributed by atoms with Crippen LogP contribution in [0.1, 0.15) is 50.9 Å². The monoisotopic (exact) mass is 483 g/mol. The Hall–Kier alpha value is -2.20. The lowest BCUT2D eigenvalue weighted by atomic mass is 10.2. The van der Waals surface area contributed by atoms with Crippen molar-refractivity contribution in [3.63, 3.8) is 0 Å². The van der Waals surface area contributed by atoms with Crippen molar-refractivity contribution in [3.8, 4) is 0 Å². The minimum Gasteiger partial charge on any atom is -0.460 e. The van der Waals surface area contributed by atoms with Gasteiger partial charge in [0, 0.05) is 12.2 Å². The summed E-state index contributed by atoms with van der Waals surface area (Å²) in [6.07, 6.45) is 2.24. The van der Waals surface area contributed by atoms with Gasteiger partial charge in [-0.25, -0.2) is 9.59 Å². The van der Waals surface area contributed by atoms with E-state index in [1.807, 2.05) is 32.9 Å². The van der Waals surface area contributed by atoms with Crippen LogP contribution in [0.2, 0.25) is 0 Å². The summed E-state index contributed by atoms with van der Waals surface area (Å²) in [5.41, 5.74) is 0.991. The van der Waals surface area contributed by atoms with E-state index in [4.69, 9.17) is 28.4 Å². The third-order valence-electron chi connectivity index (χ3n) is 4.20. The van der Waals surface area contributed by atoms with Crippen LogP contribution < -0.4 is 5.32 Å². The molecule has 0 unspecified atom stereocenters. The molecule has 0 aliphatic heterocycles. The van der Waals surface area contributed by atoms with Crippen molar-refractivity contribution in [2.75, 3.05) is 71.3 Å². The Labute approximate surface area is 203 Å². The third-order valence-corrected chi connectivity index (χ3v) is 4.20. The first-order valence-electron chi connectivity index (χ1n) is 11.9. The summed E-state index contributed by atoms with van der Waals surface area (Å²) in [6, 6.07) is 7.25. The number of unbranched alkanes of at least 4 members (excludes halogenated alkanes) is 1. The minimum absolute atomic E-state index is 0.0906. The van der Waals surface area contributed by atoms with Crippen LogP contribution in [0, 0.1) is 0 Å². The smallest absolute Gasteiger partial charge is 0.338 e. The molecule has 9 nitrogen and oxygen atoms in total. The number of hydrogen-bond acceptors (Lipinski definition) is 9. The molecule has 1 aromatic carbocycles. The molecule has 1 N–H and O–H groups in total. The van der Waals surface area contributed by atoms with Gasteiger partial charge >= 0.3 is 11.9 Å². The van der Waals surface area contributed by atoms with Crippen LogP contribution in [-0.2, 0) is 33.2 Å². The Morgan fingerprint density at radius 2 is 1.32 bits per heavy atom. The van der Waals surface area contributed by atoms with Crippen LogP contribution in [0.3, 0.4) is 0 Å². The van der Waals surface area contributed by atoms with E-state index < -0.39 is 11.6 Å². The van der Waals surface area contributed by atoms with Crippen LogP contribution in [0.5, 0.6) is 0 Å². The maximum atomic E-state index is 12.0. The van der Waals surface area contributed by atoms with E-state index in [1.165, 1.54) is 0 Å². The number of hydrogen-bond donors (Lipinski definition) is 1. The van der Waals surface area contributed by atoms with Crippen LogP contribution in [0.25, 0.3) is 0 Å². The lowest BCUT2D eigenvalue weighted by Crippen LogP contribution is -2.27. The third kappa shape index (κ3) is 16.4. The second kappa shape index (κ2) is 18.2. The highest BCUT2D eigenvalue weighted by Crippen LogP contribution is 2.11. The Morgan fingerprint density at radius 3 is 1.85 bits per heavy atom. The van der Waals surface area contributed by atoms with Crippen molar-refractivity contribution in [2.45, 2.75) is 46.1 Å². The molecule has 1 rings (SSSR count). The molecule has 0 aliphatic rings. The Morgan fingerprint density at radius 1 is 0.794 bits per heavy atom. The van der Waals surface area contributed by atoms with Crippen molar-refractivity contribution in [3.05, 3.63) is 29.8 Å². The van der Waals surface area contributed by atoms with E-state index in [1.54, 1.807) is 12.1 Å². The number of rotatable bonds is 19. The van der Waals surface area contributed by atoms with E-state index in [0.717, 1.165) is 25.1 Å².